The average molecular weight is 310 g/mol. The topological polar surface area (TPSA) is 79.3 Å². The van der Waals surface area contributed by atoms with Gasteiger partial charge in [0, 0.05) is 30.5 Å². The summed E-state index contributed by atoms with van der Waals surface area (Å²) >= 11 is 1.58. The summed E-state index contributed by atoms with van der Waals surface area (Å²) in [4.78, 5) is 27.4. The lowest BCUT2D eigenvalue weighted by Crippen LogP contribution is -2.33. The van der Waals surface area contributed by atoms with Crippen molar-refractivity contribution in [2.75, 3.05) is 6.54 Å². The number of aliphatic carboxylic acids is 1. The van der Waals surface area contributed by atoms with Crippen LogP contribution in [0.25, 0.3) is 0 Å². The Balaban J connectivity index is 1.84. The highest BCUT2D eigenvalue weighted by Crippen LogP contribution is 2.44. The summed E-state index contributed by atoms with van der Waals surface area (Å²) < 4.78 is 0. The number of nitrogens with one attached hydrogen (secondary N) is 1. The summed E-state index contributed by atoms with van der Waals surface area (Å²) in [6.45, 7) is 2.58. The number of hydrogen-bond donors (Lipinski definition) is 2. The van der Waals surface area contributed by atoms with E-state index in [1.807, 2.05) is 12.3 Å². The maximum Gasteiger partial charge on any atom is 0.303 e. The van der Waals surface area contributed by atoms with Gasteiger partial charge in [0.05, 0.1) is 11.4 Å². The van der Waals surface area contributed by atoms with E-state index in [1.165, 1.54) is 0 Å². The third kappa shape index (κ3) is 4.52. The SMILES string of the molecule is CC(CNC(=O)CC1(CC(=O)O)CCCC1)c1nccs1. The van der Waals surface area contributed by atoms with Gasteiger partial charge in [0.2, 0.25) is 5.91 Å². The van der Waals surface area contributed by atoms with Crippen molar-refractivity contribution in [3.8, 4) is 0 Å². The first-order valence-corrected chi connectivity index (χ1v) is 8.27. The predicted molar refractivity (Wildman–Crippen MR) is 81.3 cm³/mol. The van der Waals surface area contributed by atoms with Crippen molar-refractivity contribution in [2.45, 2.75) is 51.4 Å². The summed E-state index contributed by atoms with van der Waals surface area (Å²) in [5.41, 5.74) is -0.333. The molecule has 0 saturated heterocycles. The molecule has 6 heteroatoms. The van der Waals surface area contributed by atoms with Crippen molar-refractivity contribution in [3.63, 3.8) is 0 Å². The molecule has 0 bridgehead atoms. The van der Waals surface area contributed by atoms with Crippen LogP contribution in [0.2, 0.25) is 0 Å². The molecule has 1 saturated carbocycles. The van der Waals surface area contributed by atoms with Gasteiger partial charge in [-0.3, -0.25) is 9.59 Å². The van der Waals surface area contributed by atoms with E-state index in [2.05, 4.69) is 10.3 Å². The maximum absolute atomic E-state index is 12.1. The van der Waals surface area contributed by atoms with Crippen LogP contribution in [0.4, 0.5) is 0 Å². The average Bonchev–Trinajstić information content (AvgIpc) is 3.06. The van der Waals surface area contributed by atoms with Crippen LogP contribution in [-0.2, 0) is 9.59 Å². The molecular weight excluding hydrogens is 288 g/mol. The largest absolute Gasteiger partial charge is 0.481 e. The minimum Gasteiger partial charge on any atom is -0.481 e. The second kappa shape index (κ2) is 7.02. The normalized spacial score (nSPS) is 18.3. The third-order valence-corrected chi connectivity index (χ3v) is 5.21. The molecule has 1 heterocycles. The molecule has 0 radical (unpaired) electrons. The highest BCUT2D eigenvalue weighted by Gasteiger charge is 2.37. The molecule has 21 heavy (non-hydrogen) atoms. The van der Waals surface area contributed by atoms with E-state index in [-0.39, 0.29) is 23.7 Å². The lowest BCUT2D eigenvalue weighted by Gasteiger charge is -2.26. The van der Waals surface area contributed by atoms with Crippen molar-refractivity contribution >= 4 is 23.2 Å². The molecule has 1 aromatic rings. The smallest absolute Gasteiger partial charge is 0.303 e. The molecule has 0 spiro atoms. The van der Waals surface area contributed by atoms with Gasteiger partial charge in [-0.1, -0.05) is 19.8 Å². The Morgan fingerprint density at radius 2 is 2.14 bits per heavy atom. The summed E-state index contributed by atoms with van der Waals surface area (Å²) in [5.74, 6) is -0.657. The van der Waals surface area contributed by atoms with Gasteiger partial charge in [-0.25, -0.2) is 4.98 Å². The van der Waals surface area contributed by atoms with Gasteiger partial charge >= 0.3 is 5.97 Å². The van der Waals surface area contributed by atoms with Crippen LogP contribution in [0.15, 0.2) is 11.6 Å². The zero-order chi connectivity index (χ0) is 15.3. The van der Waals surface area contributed by atoms with Crippen LogP contribution >= 0.6 is 11.3 Å². The van der Waals surface area contributed by atoms with Crippen molar-refractivity contribution in [2.24, 2.45) is 5.41 Å². The molecule has 2 N–H and O–H groups in total. The predicted octanol–water partition coefficient (Wildman–Crippen LogP) is 2.79. The number of carbonyl (C=O) groups is 2. The molecule has 0 aliphatic heterocycles. The number of carboxylic acid groups (broad SMARTS) is 1. The first-order chi connectivity index (χ1) is 10.0. The van der Waals surface area contributed by atoms with E-state index in [1.54, 1.807) is 17.5 Å². The number of rotatable bonds is 7. The number of thiazole rings is 1. The zero-order valence-corrected chi connectivity index (χ0v) is 13.1. The summed E-state index contributed by atoms with van der Waals surface area (Å²) in [7, 11) is 0. The second-order valence-corrected chi connectivity index (χ2v) is 6.96. The Morgan fingerprint density at radius 1 is 1.43 bits per heavy atom. The van der Waals surface area contributed by atoms with Gasteiger partial charge in [0.1, 0.15) is 0 Å². The molecule has 0 aromatic carbocycles. The van der Waals surface area contributed by atoms with Crippen molar-refractivity contribution in [3.05, 3.63) is 16.6 Å². The highest BCUT2D eigenvalue weighted by atomic mass is 32.1. The fourth-order valence-corrected chi connectivity index (χ4v) is 3.80. The molecule has 1 aliphatic rings. The summed E-state index contributed by atoms with van der Waals surface area (Å²) in [5, 5.41) is 14.9. The monoisotopic (exact) mass is 310 g/mol. The number of hydrogen-bond acceptors (Lipinski definition) is 4. The molecule has 1 fully saturated rings. The van der Waals surface area contributed by atoms with Gasteiger partial charge in [-0.15, -0.1) is 11.3 Å². The fraction of sp³-hybridized carbons (Fsp3) is 0.667. The lowest BCUT2D eigenvalue weighted by atomic mass is 9.79. The van der Waals surface area contributed by atoms with Crippen LogP contribution in [0.1, 0.15) is 56.4 Å². The molecule has 5 nitrogen and oxygen atoms in total. The molecule has 1 unspecified atom stereocenters. The third-order valence-electron chi connectivity index (χ3n) is 4.20. The van der Waals surface area contributed by atoms with Crippen molar-refractivity contribution in [1.82, 2.24) is 10.3 Å². The van der Waals surface area contributed by atoms with Crippen LogP contribution in [0.5, 0.6) is 0 Å². The Bertz CT molecular complexity index is 481. The van der Waals surface area contributed by atoms with E-state index in [9.17, 15) is 9.59 Å². The number of carboxylic acids is 1. The van der Waals surface area contributed by atoms with Crippen LogP contribution < -0.4 is 5.32 Å². The van der Waals surface area contributed by atoms with Gasteiger partial charge in [0.15, 0.2) is 0 Å². The van der Waals surface area contributed by atoms with Crippen LogP contribution in [0, 0.1) is 5.41 Å². The lowest BCUT2D eigenvalue weighted by molar-refractivity contribution is -0.140. The van der Waals surface area contributed by atoms with Crippen molar-refractivity contribution in [1.29, 1.82) is 0 Å². The van der Waals surface area contributed by atoms with Crippen LogP contribution in [0.3, 0.4) is 0 Å². The number of nitrogens with zero attached hydrogens (tertiary/aromatic N) is 1. The first kappa shape index (κ1) is 15.9. The quantitative estimate of drug-likeness (QED) is 0.811. The molecule has 1 amide bonds. The Hall–Kier alpha value is -1.43. The van der Waals surface area contributed by atoms with E-state index >= 15 is 0 Å². The van der Waals surface area contributed by atoms with E-state index in [4.69, 9.17) is 5.11 Å². The van der Waals surface area contributed by atoms with Crippen LogP contribution in [-0.4, -0.2) is 28.5 Å². The first-order valence-electron chi connectivity index (χ1n) is 7.39. The maximum atomic E-state index is 12.1. The summed E-state index contributed by atoms with van der Waals surface area (Å²) in [6, 6.07) is 0. The fourth-order valence-electron chi connectivity index (χ4n) is 3.10. The minimum atomic E-state index is -0.805. The standard InChI is InChI=1S/C15H22N2O3S/c1-11(14-16-6-7-21-14)10-17-12(18)8-15(9-13(19)20)4-2-3-5-15/h6-7,11H,2-5,8-10H2,1H3,(H,17,18)(H,19,20). The number of amides is 1. The van der Waals surface area contributed by atoms with Gasteiger partial charge in [-0.05, 0) is 18.3 Å². The molecule has 2 rings (SSSR count). The molecular formula is C15H22N2O3S. The van der Waals surface area contributed by atoms with Gasteiger partial charge in [0.25, 0.3) is 0 Å². The highest BCUT2D eigenvalue weighted by molar-refractivity contribution is 7.09. The van der Waals surface area contributed by atoms with Gasteiger partial charge < -0.3 is 10.4 Å². The molecule has 1 aliphatic carbocycles. The minimum absolute atomic E-state index is 0.0402. The molecule has 116 valence electrons. The van der Waals surface area contributed by atoms with E-state index < -0.39 is 5.97 Å². The molecule has 1 atom stereocenters. The Labute approximate surface area is 128 Å². The number of carbonyl (C=O) groups excluding carboxylic acids is 1. The molecule has 1 aromatic heterocycles. The van der Waals surface area contributed by atoms with Gasteiger partial charge in [-0.2, -0.15) is 0 Å². The number of aromatic nitrogens is 1. The second-order valence-electron chi connectivity index (χ2n) is 6.03. The zero-order valence-electron chi connectivity index (χ0n) is 12.3. The van der Waals surface area contributed by atoms with E-state index in [0.29, 0.717) is 13.0 Å². The summed E-state index contributed by atoms with van der Waals surface area (Å²) in [6.07, 6.45) is 5.92. The van der Waals surface area contributed by atoms with Crippen molar-refractivity contribution < 1.29 is 14.7 Å². The Kier molecular flexibility index (Phi) is 5.33. The Morgan fingerprint density at radius 3 is 2.71 bits per heavy atom. The van der Waals surface area contributed by atoms with E-state index in [0.717, 1.165) is 30.7 Å².